The van der Waals surface area contributed by atoms with Crippen LogP contribution in [-0.4, -0.2) is 26.6 Å². The van der Waals surface area contributed by atoms with Crippen molar-refractivity contribution in [1.82, 2.24) is 15.0 Å². The largest absolute Gasteiger partial charge is 0.290 e. The van der Waals surface area contributed by atoms with E-state index in [2.05, 4.69) is 20.8 Å². The molecule has 3 rings (SSSR count). The zero-order chi connectivity index (χ0) is 13.9. The van der Waals surface area contributed by atoms with E-state index < -0.39 is 0 Å². The summed E-state index contributed by atoms with van der Waals surface area (Å²) in [5.41, 5.74) is 3.59. The highest BCUT2D eigenvalue weighted by Gasteiger charge is 2.34. The molecule has 0 unspecified atom stereocenters. The van der Waals surface area contributed by atoms with Crippen LogP contribution in [0.15, 0.2) is 41.8 Å². The van der Waals surface area contributed by atoms with Crippen molar-refractivity contribution < 1.29 is 4.79 Å². The van der Waals surface area contributed by atoms with Crippen LogP contribution in [-0.2, 0) is 4.79 Å². The lowest BCUT2D eigenvalue weighted by Gasteiger charge is -2.05. The number of hydrogen-bond acceptors (Lipinski definition) is 5. The number of carbonyl (C=O) groups excluding carboxylic acids is 1. The molecular formula is C13H12ClN5O. The molecule has 1 aromatic carbocycles. The number of anilines is 1. The van der Waals surface area contributed by atoms with Gasteiger partial charge < -0.3 is 0 Å². The third-order valence-corrected chi connectivity index (χ3v) is 3.20. The second-order valence-electron chi connectivity index (χ2n) is 4.54. The molecule has 0 radical (unpaired) electrons. The van der Waals surface area contributed by atoms with Crippen LogP contribution in [0.5, 0.6) is 0 Å². The lowest BCUT2D eigenvalue weighted by atomic mass is 10.2. The van der Waals surface area contributed by atoms with Crippen molar-refractivity contribution >= 4 is 28.9 Å². The van der Waals surface area contributed by atoms with Crippen LogP contribution in [0.3, 0.4) is 0 Å². The number of halogens is 1. The van der Waals surface area contributed by atoms with E-state index in [4.69, 9.17) is 11.6 Å². The van der Waals surface area contributed by atoms with Crippen molar-refractivity contribution in [2.24, 2.45) is 11.0 Å². The van der Waals surface area contributed by atoms with Gasteiger partial charge in [0.2, 0.25) is 11.6 Å². The molecule has 1 heterocycles. The van der Waals surface area contributed by atoms with E-state index in [9.17, 15) is 4.79 Å². The number of hydrogen-bond donors (Lipinski definition) is 1. The minimum atomic E-state index is -0.0167. The average Bonchev–Trinajstić information content (AvgIpc) is 3.18. The summed E-state index contributed by atoms with van der Waals surface area (Å²) < 4.78 is 1.38. The number of rotatable bonds is 4. The molecule has 20 heavy (non-hydrogen) atoms. The maximum atomic E-state index is 12.2. The summed E-state index contributed by atoms with van der Waals surface area (Å²) in [7, 11) is 0. The number of Topliss-reactive ketones (excluding diaryl/α,β-unsaturated/α-hetero) is 1. The number of hydrazone groups is 1. The van der Waals surface area contributed by atoms with Gasteiger partial charge in [-0.1, -0.05) is 16.8 Å². The molecule has 0 spiro atoms. The molecule has 1 aliphatic rings. The molecule has 7 heteroatoms. The number of aromatic nitrogens is 3. The van der Waals surface area contributed by atoms with Gasteiger partial charge in [-0.3, -0.25) is 10.2 Å². The Morgan fingerprint density at radius 3 is 2.70 bits per heavy atom. The third kappa shape index (κ3) is 2.85. The van der Waals surface area contributed by atoms with Crippen molar-refractivity contribution in [3.63, 3.8) is 0 Å². The predicted molar refractivity (Wildman–Crippen MR) is 75.7 cm³/mol. The summed E-state index contributed by atoms with van der Waals surface area (Å²) in [5, 5.41) is 12.3. The lowest BCUT2D eigenvalue weighted by molar-refractivity contribution is -0.114. The Kier molecular flexibility index (Phi) is 3.47. The Balaban J connectivity index is 1.83. The van der Waals surface area contributed by atoms with Gasteiger partial charge in [0, 0.05) is 10.9 Å². The van der Waals surface area contributed by atoms with E-state index in [1.165, 1.54) is 10.9 Å². The van der Waals surface area contributed by atoms with Gasteiger partial charge in [-0.05, 0) is 37.1 Å². The Morgan fingerprint density at radius 2 is 2.10 bits per heavy atom. The van der Waals surface area contributed by atoms with E-state index in [0.717, 1.165) is 18.5 Å². The molecule has 1 aliphatic carbocycles. The fraction of sp³-hybridized carbons (Fsp3) is 0.231. The van der Waals surface area contributed by atoms with Crippen LogP contribution < -0.4 is 5.43 Å². The van der Waals surface area contributed by atoms with Gasteiger partial charge in [-0.2, -0.15) is 9.78 Å². The summed E-state index contributed by atoms with van der Waals surface area (Å²) in [4.78, 5) is 12.2. The number of carbonyl (C=O) groups is 1. The summed E-state index contributed by atoms with van der Waals surface area (Å²) >= 11 is 5.82. The van der Waals surface area contributed by atoms with Crippen LogP contribution in [0.25, 0.3) is 0 Å². The third-order valence-electron chi connectivity index (χ3n) is 2.94. The number of benzene rings is 1. The molecule has 0 aliphatic heterocycles. The SMILES string of the molecule is O=C(/C(=N/Nc1ccc(Cl)cc1)n1ccnn1)C1CC1. The van der Waals surface area contributed by atoms with Gasteiger partial charge in [0.05, 0.1) is 18.1 Å². The van der Waals surface area contributed by atoms with Crippen molar-refractivity contribution in [3.05, 3.63) is 41.7 Å². The minimum absolute atomic E-state index is 0.0167. The molecule has 0 amide bonds. The molecule has 0 atom stereocenters. The van der Waals surface area contributed by atoms with Gasteiger partial charge in [0.25, 0.3) is 0 Å². The Labute approximate surface area is 120 Å². The van der Waals surface area contributed by atoms with Crippen molar-refractivity contribution in [2.75, 3.05) is 5.43 Å². The number of nitrogens with zero attached hydrogens (tertiary/aromatic N) is 4. The first kappa shape index (κ1) is 12.8. The molecule has 1 saturated carbocycles. The van der Waals surface area contributed by atoms with Crippen molar-refractivity contribution in [3.8, 4) is 0 Å². The molecule has 102 valence electrons. The zero-order valence-corrected chi connectivity index (χ0v) is 11.3. The summed E-state index contributed by atoms with van der Waals surface area (Å²) in [6.45, 7) is 0. The average molecular weight is 290 g/mol. The second-order valence-corrected chi connectivity index (χ2v) is 4.98. The van der Waals surface area contributed by atoms with E-state index in [0.29, 0.717) is 5.02 Å². The van der Waals surface area contributed by atoms with Crippen LogP contribution >= 0.6 is 11.6 Å². The highest BCUT2D eigenvalue weighted by Crippen LogP contribution is 2.30. The standard InChI is InChI=1S/C13H12ClN5O/c14-10-3-5-11(6-4-10)16-17-13(12(20)9-1-2-9)19-8-7-15-18-19/h3-9,16H,1-2H2/b17-13-. The molecule has 0 bridgehead atoms. The Hall–Kier alpha value is -2.21. The Morgan fingerprint density at radius 1 is 1.35 bits per heavy atom. The first-order chi connectivity index (χ1) is 9.74. The first-order valence-electron chi connectivity index (χ1n) is 6.24. The first-order valence-corrected chi connectivity index (χ1v) is 6.62. The van der Waals surface area contributed by atoms with Crippen molar-refractivity contribution in [2.45, 2.75) is 12.8 Å². The van der Waals surface area contributed by atoms with Crippen LogP contribution in [0.2, 0.25) is 5.02 Å². The normalized spacial score (nSPS) is 15.2. The molecule has 0 saturated heterocycles. The van der Waals surface area contributed by atoms with Crippen LogP contribution in [0, 0.1) is 5.92 Å². The predicted octanol–water partition coefficient (Wildman–Crippen LogP) is 2.18. The maximum Gasteiger partial charge on any atom is 0.218 e. The fourth-order valence-electron chi connectivity index (χ4n) is 1.71. The molecular weight excluding hydrogens is 278 g/mol. The van der Waals surface area contributed by atoms with E-state index in [-0.39, 0.29) is 17.5 Å². The van der Waals surface area contributed by atoms with Crippen molar-refractivity contribution in [1.29, 1.82) is 0 Å². The van der Waals surface area contributed by atoms with Gasteiger partial charge in [-0.25, -0.2) is 0 Å². The van der Waals surface area contributed by atoms with Crippen LogP contribution in [0.1, 0.15) is 12.8 Å². The zero-order valence-electron chi connectivity index (χ0n) is 10.5. The number of nitrogens with one attached hydrogen (secondary N) is 1. The van der Waals surface area contributed by atoms with Crippen LogP contribution in [0.4, 0.5) is 5.69 Å². The topological polar surface area (TPSA) is 72.2 Å². The molecule has 1 fully saturated rings. The van der Waals surface area contributed by atoms with E-state index in [1.54, 1.807) is 30.5 Å². The van der Waals surface area contributed by atoms with Gasteiger partial charge in [-0.15, -0.1) is 5.10 Å². The van der Waals surface area contributed by atoms with Gasteiger partial charge in [0.1, 0.15) is 0 Å². The smallest absolute Gasteiger partial charge is 0.218 e. The van der Waals surface area contributed by atoms with Gasteiger partial charge >= 0.3 is 0 Å². The minimum Gasteiger partial charge on any atom is -0.290 e. The molecule has 6 nitrogen and oxygen atoms in total. The lowest BCUT2D eigenvalue weighted by Crippen LogP contribution is -2.26. The monoisotopic (exact) mass is 289 g/mol. The van der Waals surface area contributed by atoms with E-state index in [1.807, 2.05) is 0 Å². The summed E-state index contributed by atoms with van der Waals surface area (Å²) in [5.74, 6) is 0.293. The molecule has 1 N–H and O–H groups in total. The molecule has 2 aromatic rings. The van der Waals surface area contributed by atoms with E-state index >= 15 is 0 Å². The summed E-state index contributed by atoms with van der Waals surface area (Å²) in [6, 6.07) is 7.06. The quantitative estimate of drug-likeness (QED) is 0.532. The Bertz CT molecular complexity index is 631. The fourth-order valence-corrected chi connectivity index (χ4v) is 1.84. The second kappa shape index (κ2) is 5.42. The highest BCUT2D eigenvalue weighted by atomic mass is 35.5. The molecule has 1 aromatic heterocycles. The highest BCUT2D eigenvalue weighted by molar-refractivity contribution is 6.40. The maximum absolute atomic E-state index is 12.2. The summed E-state index contributed by atoms with van der Waals surface area (Å²) in [6.07, 6.45) is 4.93. The van der Waals surface area contributed by atoms with Gasteiger partial charge in [0.15, 0.2) is 0 Å². The number of ketones is 1.